The summed E-state index contributed by atoms with van der Waals surface area (Å²) in [5.74, 6) is -2.54. The first-order chi connectivity index (χ1) is 16.9. The van der Waals surface area contributed by atoms with Crippen LogP contribution < -0.4 is 26.0 Å². The average molecular weight is 519 g/mol. The van der Waals surface area contributed by atoms with E-state index in [0.29, 0.717) is 11.3 Å². The second-order valence-electron chi connectivity index (χ2n) is 7.35. The van der Waals surface area contributed by atoms with Gasteiger partial charge in [-0.1, -0.05) is 11.2 Å². The molecule has 2 aliphatic rings. The fourth-order valence-corrected chi connectivity index (χ4v) is 5.60. The summed E-state index contributed by atoms with van der Waals surface area (Å²) >= 11 is 2.21. The largest absolute Gasteiger partial charge is 0.543 e. The first-order valence-corrected chi connectivity index (χ1v) is 12.3. The van der Waals surface area contributed by atoms with Gasteiger partial charge in [-0.2, -0.15) is 13.9 Å². The molecule has 0 spiro atoms. The maximum Gasteiger partial charge on any atom is 0.278 e. The van der Waals surface area contributed by atoms with Crippen LogP contribution in [0.2, 0.25) is 0 Å². The number of amides is 2. The van der Waals surface area contributed by atoms with Crippen molar-refractivity contribution in [2.75, 3.05) is 25.1 Å². The van der Waals surface area contributed by atoms with Gasteiger partial charge in [0.05, 0.1) is 11.7 Å². The summed E-state index contributed by atoms with van der Waals surface area (Å²) in [6, 6.07) is 4.49. The number of hydrogen-bond acceptors (Lipinski definition) is 12. The van der Waals surface area contributed by atoms with Gasteiger partial charge in [0.2, 0.25) is 17.7 Å². The number of aliphatic carboxylic acids is 1. The third-order valence-corrected chi connectivity index (χ3v) is 7.12. The molecule has 0 aliphatic carbocycles. The lowest BCUT2D eigenvalue weighted by Gasteiger charge is -2.50. The lowest BCUT2D eigenvalue weighted by Crippen LogP contribution is -2.72. The van der Waals surface area contributed by atoms with Crippen molar-refractivity contribution in [2.45, 2.75) is 24.5 Å². The molecule has 4 N–H and O–H groups in total. The number of anilines is 1. The van der Waals surface area contributed by atoms with Crippen LogP contribution in [0.5, 0.6) is 0 Å². The van der Waals surface area contributed by atoms with Gasteiger partial charge in [-0.3, -0.25) is 19.8 Å². The van der Waals surface area contributed by atoms with Gasteiger partial charge in [0, 0.05) is 35.0 Å². The molecule has 2 amide bonds. The number of pyridine rings is 1. The van der Waals surface area contributed by atoms with Crippen molar-refractivity contribution in [1.82, 2.24) is 24.9 Å². The van der Waals surface area contributed by atoms with Crippen LogP contribution in [0.4, 0.5) is 5.13 Å². The second kappa shape index (κ2) is 10.4. The Hall–Kier alpha value is -3.56. The zero-order valence-electron chi connectivity index (χ0n) is 18.7. The minimum Gasteiger partial charge on any atom is -0.543 e. The Labute approximate surface area is 208 Å². The van der Waals surface area contributed by atoms with E-state index in [1.54, 1.807) is 30.9 Å². The number of nitrogens with two attached hydrogens (primary N) is 1. The number of nitrogen functional groups attached to an aromatic ring is 1. The number of nitrogens with one attached hydrogen (secondary N) is 2. The Morgan fingerprint density at radius 1 is 1.40 bits per heavy atom. The molecule has 2 aliphatic heterocycles. The number of hydrogen-bond donors (Lipinski definition) is 3. The van der Waals surface area contributed by atoms with Crippen LogP contribution in [0.15, 0.2) is 47.0 Å². The highest BCUT2D eigenvalue weighted by atomic mass is 32.2. The van der Waals surface area contributed by atoms with Crippen molar-refractivity contribution < 1.29 is 28.9 Å². The number of fused-ring (bicyclic) bond motifs is 1. The van der Waals surface area contributed by atoms with Gasteiger partial charge in [-0.15, -0.1) is 11.8 Å². The molecule has 2 aromatic heterocycles. The van der Waals surface area contributed by atoms with Crippen molar-refractivity contribution in [1.29, 1.82) is 0 Å². The monoisotopic (exact) mass is 518 g/mol. The fourth-order valence-electron chi connectivity index (χ4n) is 3.78. The molecule has 1 fully saturated rings. The Morgan fingerprint density at radius 2 is 2.14 bits per heavy atom. The molecular formula is C20H22N8O5S2. The van der Waals surface area contributed by atoms with Gasteiger partial charge in [0.25, 0.3) is 11.8 Å². The van der Waals surface area contributed by atoms with E-state index in [4.69, 9.17) is 10.6 Å². The first-order valence-electron chi connectivity index (χ1n) is 10.5. The maximum absolute atomic E-state index is 13.0. The molecule has 1 saturated heterocycles. The van der Waals surface area contributed by atoms with Crippen LogP contribution in [-0.2, 0) is 19.2 Å². The van der Waals surface area contributed by atoms with Crippen LogP contribution in [0.1, 0.15) is 18.9 Å². The normalized spacial score (nSPS) is 20.7. The first kappa shape index (κ1) is 24.6. The lowest BCUT2D eigenvalue weighted by molar-refractivity contribution is -0.719. The SMILES string of the molecule is CCO/N=C(\C(=O)NC1C(=O)N2C(C(=O)[O-])=C(C(NC)[n+]3ccccc3)CS[C@H]12)c1nsc(N)n1. The van der Waals surface area contributed by atoms with E-state index >= 15 is 0 Å². The van der Waals surface area contributed by atoms with Gasteiger partial charge in [0.15, 0.2) is 17.5 Å². The molecule has 4 rings (SSSR count). The number of carbonyl (C=O) groups is 3. The van der Waals surface area contributed by atoms with E-state index in [1.807, 2.05) is 18.2 Å². The fraction of sp³-hybridized carbons (Fsp3) is 0.350. The molecule has 184 valence electrons. The molecule has 2 unspecified atom stereocenters. The van der Waals surface area contributed by atoms with E-state index < -0.39 is 35.4 Å². The second-order valence-corrected chi connectivity index (χ2v) is 9.24. The summed E-state index contributed by atoms with van der Waals surface area (Å²) in [6.45, 7) is 1.88. The van der Waals surface area contributed by atoms with Gasteiger partial charge >= 0.3 is 0 Å². The number of carbonyl (C=O) groups excluding carboxylic acids is 3. The summed E-state index contributed by atoms with van der Waals surface area (Å²) in [4.78, 5) is 48.2. The predicted molar refractivity (Wildman–Crippen MR) is 124 cm³/mol. The van der Waals surface area contributed by atoms with Crippen molar-refractivity contribution in [3.63, 3.8) is 0 Å². The van der Waals surface area contributed by atoms with Crippen molar-refractivity contribution >= 4 is 51.9 Å². The number of nitrogens with zero attached hydrogens (tertiary/aromatic N) is 5. The number of carboxylic acids is 1. The maximum atomic E-state index is 13.0. The van der Waals surface area contributed by atoms with E-state index in [0.717, 1.165) is 16.4 Å². The van der Waals surface area contributed by atoms with Gasteiger partial charge in [-0.25, -0.2) is 0 Å². The Morgan fingerprint density at radius 3 is 2.74 bits per heavy atom. The van der Waals surface area contributed by atoms with Crippen molar-refractivity contribution in [3.05, 3.63) is 47.7 Å². The zero-order valence-corrected chi connectivity index (χ0v) is 20.3. The minimum absolute atomic E-state index is 0.0345. The number of aromatic nitrogens is 3. The summed E-state index contributed by atoms with van der Waals surface area (Å²) < 4.78 is 5.77. The molecule has 35 heavy (non-hydrogen) atoms. The Bertz CT molecular complexity index is 1200. The molecule has 0 bridgehead atoms. The third kappa shape index (κ3) is 4.69. The van der Waals surface area contributed by atoms with E-state index in [-0.39, 0.29) is 29.0 Å². The number of likely N-dealkylation sites (N-methyl/N-ethyl adjacent to an activating group) is 1. The van der Waals surface area contributed by atoms with Gasteiger partial charge < -0.3 is 25.8 Å². The number of rotatable bonds is 9. The Balaban J connectivity index is 1.58. The van der Waals surface area contributed by atoms with Crippen LogP contribution in [-0.4, -0.2) is 68.6 Å². The highest BCUT2D eigenvalue weighted by Crippen LogP contribution is 2.41. The molecule has 4 heterocycles. The number of thioether (sulfide) groups is 1. The highest BCUT2D eigenvalue weighted by Gasteiger charge is 2.54. The third-order valence-electron chi connectivity index (χ3n) is 5.27. The molecule has 0 aromatic carbocycles. The molecule has 0 radical (unpaired) electrons. The smallest absolute Gasteiger partial charge is 0.278 e. The van der Waals surface area contributed by atoms with E-state index in [1.165, 1.54) is 11.8 Å². The van der Waals surface area contributed by atoms with E-state index in [9.17, 15) is 19.5 Å². The summed E-state index contributed by atoms with van der Waals surface area (Å²) in [5, 5.41) is 21.1. The minimum atomic E-state index is -1.47. The van der Waals surface area contributed by atoms with Crippen molar-refractivity contribution in [2.24, 2.45) is 5.16 Å². The highest BCUT2D eigenvalue weighted by molar-refractivity contribution is 8.00. The number of carboxylic acid groups (broad SMARTS) is 1. The van der Waals surface area contributed by atoms with Crippen LogP contribution in [0.25, 0.3) is 0 Å². The quantitative estimate of drug-likeness (QED) is 0.145. The Kier molecular flexibility index (Phi) is 7.28. The molecule has 15 heteroatoms. The van der Waals surface area contributed by atoms with E-state index in [2.05, 4.69) is 25.1 Å². The summed E-state index contributed by atoms with van der Waals surface area (Å²) in [7, 11) is 1.70. The molecule has 2 aromatic rings. The molecule has 0 saturated carbocycles. The van der Waals surface area contributed by atoms with Crippen LogP contribution in [0.3, 0.4) is 0 Å². The molecular weight excluding hydrogens is 496 g/mol. The number of β-lactam (4-membered cyclic amide) rings is 1. The number of oxime groups is 1. The predicted octanol–water partition coefficient (Wildman–Crippen LogP) is -2.03. The summed E-state index contributed by atoms with van der Waals surface area (Å²) in [6.07, 6.45) is 3.07. The molecule has 3 atom stereocenters. The standard InChI is InChI=1S/C20H22N8O5S2/c1-3-33-25-11(14-24-20(21)35-26-14)16(29)23-12-17(30)28-13(19(31)32)10(9-34-18(12)28)15(22-2)27-7-5-4-6-8-27/h4-8,12,15,18,22H,3,9H2,1-2H3,(H3-,21,23,24,26,29,31,32)/b25-11-/t12?,15?,18-/m1/s1. The van der Waals surface area contributed by atoms with Crippen LogP contribution in [0, 0.1) is 0 Å². The summed E-state index contributed by atoms with van der Waals surface area (Å²) in [5.41, 5.74) is 5.64. The van der Waals surface area contributed by atoms with Gasteiger partial charge in [0.1, 0.15) is 18.0 Å². The van der Waals surface area contributed by atoms with Crippen molar-refractivity contribution in [3.8, 4) is 0 Å². The molecule has 13 nitrogen and oxygen atoms in total. The lowest BCUT2D eigenvalue weighted by atomic mass is 10.0. The van der Waals surface area contributed by atoms with Gasteiger partial charge in [-0.05, 0) is 14.0 Å². The van der Waals surface area contributed by atoms with Crippen LogP contribution >= 0.6 is 23.3 Å². The zero-order chi connectivity index (χ0) is 25.1. The average Bonchev–Trinajstić information content (AvgIpc) is 3.29. The topological polar surface area (TPSA) is 179 Å².